The Kier molecular flexibility index (Phi) is 5.11. The zero-order chi connectivity index (χ0) is 18.7. The van der Waals surface area contributed by atoms with Gasteiger partial charge in [-0.25, -0.2) is 4.79 Å². The number of carbonyl (C=O) groups excluding carboxylic acids is 3. The second kappa shape index (κ2) is 7.47. The highest BCUT2D eigenvalue weighted by Gasteiger charge is 2.44. The van der Waals surface area contributed by atoms with Crippen molar-refractivity contribution in [3.8, 4) is 0 Å². The van der Waals surface area contributed by atoms with Gasteiger partial charge in [-0.1, -0.05) is 29.8 Å². The molecule has 0 saturated carbocycles. The number of allylic oxidation sites excluding steroid dienone is 1. The number of carbonyl (C=O) groups is 3. The van der Waals surface area contributed by atoms with Crippen LogP contribution in [0.25, 0.3) is 0 Å². The van der Waals surface area contributed by atoms with Crippen molar-refractivity contribution < 1.29 is 19.3 Å². The summed E-state index contributed by atoms with van der Waals surface area (Å²) in [6, 6.07) is 5.15. The van der Waals surface area contributed by atoms with Crippen LogP contribution in [0.5, 0.6) is 0 Å². The maximum atomic E-state index is 12.5. The molecule has 26 heavy (non-hydrogen) atoms. The third-order valence-corrected chi connectivity index (χ3v) is 4.69. The predicted octanol–water partition coefficient (Wildman–Crippen LogP) is 2.78. The summed E-state index contributed by atoms with van der Waals surface area (Å²) < 4.78 is 0. The highest BCUT2D eigenvalue weighted by atomic mass is 16.6. The Bertz CT molecular complexity index is 802. The lowest BCUT2D eigenvalue weighted by Gasteiger charge is -2.17. The molecule has 1 fully saturated rings. The molecular formula is C18H19N3O5. The number of nitro groups is 1. The SMILES string of the molecule is O=C1C(=O)N(Cc2ccccc2[N+](=O)[O-])C(=O)N1CCC1=CCCCC1. The van der Waals surface area contributed by atoms with Gasteiger partial charge in [-0.15, -0.1) is 0 Å². The topological polar surface area (TPSA) is 101 Å². The number of rotatable bonds is 6. The van der Waals surface area contributed by atoms with Crippen molar-refractivity contribution in [1.29, 1.82) is 0 Å². The summed E-state index contributed by atoms with van der Waals surface area (Å²) in [5, 5.41) is 11.1. The number of nitro benzene ring substituents is 1. The predicted molar refractivity (Wildman–Crippen MR) is 91.9 cm³/mol. The molecule has 1 aromatic carbocycles. The molecule has 1 heterocycles. The van der Waals surface area contributed by atoms with E-state index in [9.17, 15) is 24.5 Å². The van der Waals surface area contributed by atoms with E-state index >= 15 is 0 Å². The quantitative estimate of drug-likeness (QED) is 0.256. The summed E-state index contributed by atoms with van der Waals surface area (Å²) in [5.74, 6) is -1.81. The number of para-hydroxylation sites is 1. The lowest BCUT2D eigenvalue weighted by Crippen LogP contribution is -2.34. The zero-order valence-electron chi connectivity index (χ0n) is 14.2. The van der Waals surface area contributed by atoms with Crippen molar-refractivity contribution in [2.45, 2.75) is 38.6 Å². The first-order valence-corrected chi connectivity index (χ1v) is 8.56. The van der Waals surface area contributed by atoms with Gasteiger partial charge in [0.05, 0.1) is 11.5 Å². The van der Waals surface area contributed by atoms with E-state index in [2.05, 4.69) is 6.08 Å². The van der Waals surface area contributed by atoms with Crippen molar-refractivity contribution in [3.63, 3.8) is 0 Å². The maximum Gasteiger partial charge on any atom is 0.334 e. The molecule has 1 aliphatic carbocycles. The Labute approximate surface area is 150 Å². The van der Waals surface area contributed by atoms with E-state index in [1.807, 2.05) is 0 Å². The number of amides is 4. The van der Waals surface area contributed by atoms with Crippen molar-refractivity contribution in [2.24, 2.45) is 0 Å². The van der Waals surface area contributed by atoms with Crippen LogP contribution >= 0.6 is 0 Å². The second-order valence-corrected chi connectivity index (χ2v) is 6.37. The van der Waals surface area contributed by atoms with E-state index in [1.165, 1.54) is 23.8 Å². The number of urea groups is 1. The first-order valence-electron chi connectivity index (χ1n) is 8.56. The average Bonchev–Trinajstić information content (AvgIpc) is 2.85. The van der Waals surface area contributed by atoms with E-state index in [0.717, 1.165) is 35.5 Å². The smallest absolute Gasteiger partial charge is 0.263 e. The zero-order valence-corrected chi connectivity index (χ0v) is 14.2. The minimum Gasteiger partial charge on any atom is -0.263 e. The third kappa shape index (κ3) is 3.49. The second-order valence-electron chi connectivity index (χ2n) is 6.37. The summed E-state index contributed by atoms with van der Waals surface area (Å²) in [6.45, 7) is -0.137. The van der Waals surface area contributed by atoms with Crippen LogP contribution in [0.3, 0.4) is 0 Å². The molecule has 8 nitrogen and oxygen atoms in total. The molecule has 0 bridgehead atoms. The molecule has 4 amide bonds. The largest absolute Gasteiger partial charge is 0.334 e. The fraction of sp³-hybridized carbons (Fsp3) is 0.389. The van der Waals surface area contributed by atoms with Crippen molar-refractivity contribution in [3.05, 3.63) is 51.6 Å². The summed E-state index contributed by atoms with van der Waals surface area (Å²) in [5.41, 5.74) is 1.22. The van der Waals surface area contributed by atoms with Crippen molar-refractivity contribution >= 4 is 23.5 Å². The van der Waals surface area contributed by atoms with Crippen LogP contribution in [-0.4, -0.2) is 39.1 Å². The monoisotopic (exact) mass is 357 g/mol. The molecule has 0 aromatic heterocycles. The first kappa shape index (κ1) is 17.8. The van der Waals surface area contributed by atoms with Crippen molar-refractivity contribution in [2.75, 3.05) is 6.54 Å². The molecule has 136 valence electrons. The molecule has 1 aromatic rings. The summed E-state index contributed by atoms with van der Waals surface area (Å²) >= 11 is 0. The maximum absolute atomic E-state index is 12.5. The Hall–Kier alpha value is -3.03. The van der Waals surface area contributed by atoms with E-state index in [4.69, 9.17) is 0 Å². The number of nitrogens with zero attached hydrogens (tertiary/aromatic N) is 3. The van der Waals surface area contributed by atoms with Gasteiger partial charge >= 0.3 is 17.8 Å². The molecule has 0 radical (unpaired) electrons. The Morgan fingerprint density at radius 2 is 1.77 bits per heavy atom. The van der Waals surface area contributed by atoms with Gasteiger partial charge in [0.25, 0.3) is 5.69 Å². The van der Waals surface area contributed by atoms with Crippen molar-refractivity contribution in [1.82, 2.24) is 9.80 Å². The number of benzene rings is 1. The molecule has 0 unspecified atom stereocenters. The fourth-order valence-electron chi connectivity index (χ4n) is 3.27. The highest BCUT2D eigenvalue weighted by molar-refractivity contribution is 6.44. The lowest BCUT2D eigenvalue weighted by atomic mass is 9.97. The standard InChI is InChI=1S/C18H19N3O5/c22-16-17(23)20(12-14-8-4-5-9-15(14)21(25)26)18(24)19(16)11-10-13-6-2-1-3-7-13/h4-6,8-9H,1-3,7,10-12H2. The molecule has 8 heteroatoms. The van der Waals surface area contributed by atoms with Gasteiger partial charge in [0.1, 0.15) is 0 Å². The van der Waals surface area contributed by atoms with Gasteiger partial charge in [-0.05, 0) is 32.1 Å². The molecule has 0 spiro atoms. The molecule has 1 saturated heterocycles. The van der Waals surface area contributed by atoms with E-state index in [0.29, 0.717) is 6.42 Å². The molecule has 3 rings (SSSR count). The molecule has 2 aliphatic rings. The number of imide groups is 2. The van der Waals surface area contributed by atoms with Crippen LogP contribution in [-0.2, 0) is 16.1 Å². The third-order valence-electron chi connectivity index (χ3n) is 4.69. The summed E-state index contributed by atoms with van der Waals surface area (Å²) in [4.78, 5) is 49.1. The minimum absolute atomic E-state index is 0.155. The van der Waals surface area contributed by atoms with Gasteiger partial charge < -0.3 is 0 Å². The van der Waals surface area contributed by atoms with Crippen LogP contribution in [0, 0.1) is 10.1 Å². The van der Waals surface area contributed by atoms with Gasteiger partial charge in [-0.3, -0.25) is 29.5 Å². The summed E-state index contributed by atoms with van der Waals surface area (Å²) in [6.07, 6.45) is 6.87. The van der Waals surface area contributed by atoms with Crippen LogP contribution in [0.15, 0.2) is 35.9 Å². The van der Waals surface area contributed by atoms with Crippen LogP contribution in [0.1, 0.15) is 37.7 Å². The van der Waals surface area contributed by atoms with E-state index in [-0.39, 0.29) is 24.3 Å². The Morgan fingerprint density at radius 1 is 1.04 bits per heavy atom. The van der Waals surface area contributed by atoms with Gasteiger partial charge in [0, 0.05) is 18.2 Å². The first-order chi connectivity index (χ1) is 12.5. The van der Waals surface area contributed by atoms with Crippen LogP contribution in [0.4, 0.5) is 10.5 Å². The normalized spacial score (nSPS) is 17.7. The Balaban J connectivity index is 1.72. The highest BCUT2D eigenvalue weighted by Crippen LogP contribution is 2.25. The minimum atomic E-state index is -0.939. The Morgan fingerprint density at radius 3 is 2.46 bits per heavy atom. The van der Waals surface area contributed by atoms with Gasteiger partial charge in [-0.2, -0.15) is 0 Å². The number of hydrogen-bond acceptors (Lipinski definition) is 5. The van der Waals surface area contributed by atoms with E-state index in [1.54, 1.807) is 6.07 Å². The molecule has 0 N–H and O–H groups in total. The number of hydrogen-bond donors (Lipinski definition) is 0. The average molecular weight is 357 g/mol. The summed E-state index contributed by atoms with van der Waals surface area (Å²) in [7, 11) is 0. The van der Waals surface area contributed by atoms with Gasteiger partial charge in [0.2, 0.25) is 0 Å². The molecular weight excluding hydrogens is 338 g/mol. The molecule has 1 aliphatic heterocycles. The fourth-order valence-corrected chi connectivity index (χ4v) is 3.27. The van der Waals surface area contributed by atoms with Gasteiger partial charge in [0.15, 0.2) is 0 Å². The van der Waals surface area contributed by atoms with Crippen LogP contribution < -0.4 is 0 Å². The van der Waals surface area contributed by atoms with E-state index < -0.39 is 22.8 Å². The molecule has 0 atom stereocenters. The van der Waals surface area contributed by atoms with Crippen LogP contribution in [0.2, 0.25) is 0 Å². The lowest BCUT2D eigenvalue weighted by molar-refractivity contribution is -0.385.